The molecule has 0 unspecified atom stereocenters. The van der Waals surface area contributed by atoms with Crippen molar-refractivity contribution in [3.05, 3.63) is 46.3 Å². The molecule has 0 radical (unpaired) electrons. The van der Waals surface area contributed by atoms with Crippen LogP contribution in [-0.4, -0.2) is 41.5 Å². The van der Waals surface area contributed by atoms with Crippen LogP contribution in [0.4, 0.5) is 11.6 Å². The molecule has 7 nitrogen and oxygen atoms in total. The van der Waals surface area contributed by atoms with Crippen LogP contribution in [0.1, 0.15) is 17.5 Å². The smallest absolute Gasteiger partial charge is 0.228 e. The number of rotatable bonds is 9. The summed E-state index contributed by atoms with van der Waals surface area (Å²) < 4.78 is 13.6. The third-order valence-electron chi connectivity index (χ3n) is 5.63. The molecule has 170 valence electrons. The van der Waals surface area contributed by atoms with Gasteiger partial charge in [0.05, 0.1) is 12.8 Å². The fourth-order valence-corrected chi connectivity index (χ4v) is 4.99. The van der Waals surface area contributed by atoms with E-state index in [1.807, 2.05) is 12.1 Å². The van der Waals surface area contributed by atoms with Gasteiger partial charge in [-0.25, -0.2) is 9.67 Å². The van der Waals surface area contributed by atoms with Crippen molar-refractivity contribution in [3.8, 4) is 17.0 Å². The van der Waals surface area contributed by atoms with E-state index in [-0.39, 0.29) is 0 Å². The van der Waals surface area contributed by atoms with E-state index in [9.17, 15) is 0 Å². The maximum atomic E-state index is 5.93. The number of halogens is 1. The molecule has 2 aromatic heterocycles. The summed E-state index contributed by atoms with van der Waals surface area (Å²) in [4.78, 5) is 8.83. The summed E-state index contributed by atoms with van der Waals surface area (Å²) in [6.07, 6.45) is 5.07. The van der Waals surface area contributed by atoms with Crippen molar-refractivity contribution in [2.45, 2.75) is 51.7 Å². The van der Waals surface area contributed by atoms with Crippen LogP contribution in [0, 0.1) is 0 Å². The molecule has 9 heteroatoms. The summed E-state index contributed by atoms with van der Waals surface area (Å²) in [5, 5.41) is 8.06. The average Bonchev–Trinajstić information content (AvgIpc) is 3.37. The average molecular weight is 517 g/mol. The fourth-order valence-electron chi connectivity index (χ4n) is 3.88. The molecule has 2 heterocycles. The number of nitrogens with zero attached hydrogens (tertiary/aromatic N) is 4. The van der Waals surface area contributed by atoms with Crippen molar-refractivity contribution < 1.29 is 9.47 Å². The van der Waals surface area contributed by atoms with Gasteiger partial charge in [0.1, 0.15) is 6.73 Å². The Hall–Kier alpha value is -2.23. The zero-order chi connectivity index (χ0) is 22.7. The first-order chi connectivity index (χ1) is 15.3. The Morgan fingerprint density at radius 1 is 1.19 bits per heavy atom. The van der Waals surface area contributed by atoms with E-state index in [0.717, 1.165) is 48.7 Å². The molecule has 0 atom stereocenters. The maximum absolute atomic E-state index is 5.93. The molecule has 0 fully saturated rings. The van der Waals surface area contributed by atoms with Crippen LogP contribution in [0.3, 0.4) is 0 Å². The number of fused-ring (bicyclic) bond motifs is 1. The number of aryl methyl sites for hydroxylation is 1. The van der Waals surface area contributed by atoms with E-state index in [1.54, 1.807) is 18.0 Å². The number of nitrogens with one attached hydrogen (secondary N) is 1. The maximum Gasteiger partial charge on any atom is 0.228 e. The molecular weight excluding hydrogens is 486 g/mol. The summed E-state index contributed by atoms with van der Waals surface area (Å²) in [6.45, 7) is 8.14. The van der Waals surface area contributed by atoms with E-state index < -0.39 is 8.07 Å². The number of benzene rings is 1. The predicted molar refractivity (Wildman–Crippen MR) is 133 cm³/mol. The molecule has 0 saturated heterocycles. The van der Waals surface area contributed by atoms with Gasteiger partial charge in [-0.2, -0.15) is 4.98 Å². The molecule has 3 aromatic rings. The number of anilines is 2. The molecule has 0 saturated carbocycles. The Labute approximate surface area is 198 Å². The summed E-state index contributed by atoms with van der Waals surface area (Å²) in [7, 11) is 0.495. The molecule has 0 spiro atoms. The van der Waals surface area contributed by atoms with Gasteiger partial charge in [0.2, 0.25) is 16.6 Å². The Morgan fingerprint density at radius 2 is 2.03 bits per heavy atom. The van der Waals surface area contributed by atoms with Crippen molar-refractivity contribution in [1.29, 1.82) is 0 Å². The van der Waals surface area contributed by atoms with Gasteiger partial charge in [0.25, 0.3) is 0 Å². The van der Waals surface area contributed by atoms with Gasteiger partial charge in [-0.05, 0) is 64.0 Å². The quantitative estimate of drug-likeness (QED) is 0.293. The Morgan fingerprint density at radius 3 is 2.81 bits per heavy atom. The monoisotopic (exact) mass is 515 g/mol. The second kappa shape index (κ2) is 9.72. The van der Waals surface area contributed by atoms with Crippen LogP contribution in [0.2, 0.25) is 25.7 Å². The molecule has 0 bridgehead atoms. The lowest BCUT2D eigenvalue weighted by Crippen LogP contribution is -2.22. The Bertz CT molecular complexity index is 1100. The number of pyridine rings is 1. The van der Waals surface area contributed by atoms with Gasteiger partial charge < -0.3 is 14.8 Å². The largest absolute Gasteiger partial charge is 0.481 e. The highest BCUT2D eigenvalue weighted by molar-refractivity contribution is 9.10. The fraction of sp³-hybridized carbons (Fsp3) is 0.435. The lowest BCUT2D eigenvalue weighted by atomic mass is 9.98. The molecular formula is C23H30BrN5O2Si. The zero-order valence-electron chi connectivity index (χ0n) is 19.1. The molecule has 1 aliphatic carbocycles. The number of aromatic nitrogens is 4. The summed E-state index contributed by atoms with van der Waals surface area (Å²) in [6, 6.07) is 9.48. The zero-order valence-corrected chi connectivity index (χ0v) is 21.7. The van der Waals surface area contributed by atoms with E-state index in [1.165, 1.54) is 11.1 Å². The van der Waals surface area contributed by atoms with Crippen LogP contribution < -0.4 is 10.1 Å². The molecule has 32 heavy (non-hydrogen) atoms. The van der Waals surface area contributed by atoms with E-state index >= 15 is 0 Å². The first kappa shape index (κ1) is 22.9. The van der Waals surface area contributed by atoms with Gasteiger partial charge in [-0.1, -0.05) is 31.8 Å². The molecule has 0 aliphatic heterocycles. The lowest BCUT2D eigenvalue weighted by molar-refractivity contribution is 0.0798. The molecule has 0 amide bonds. The van der Waals surface area contributed by atoms with Gasteiger partial charge in [0.15, 0.2) is 0 Å². The summed E-state index contributed by atoms with van der Waals surface area (Å²) >= 11 is 3.43. The first-order valence-corrected chi connectivity index (χ1v) is 15.4. The number of methoxy groups -OCH3 is 1. The van der Waals surface area contributed by atoms with Crippen LogP contribution in [0.25, 0.3) is 11.1 Å². The minimum atomic E-state index is -1.14. The number of hydrogen-bond donors (Lipinski definition) is 1. The summed E-state index contributed by atoms with van der Waals surface area (Å²) in [5.41, 5.74) is 5.93. The van der Waals surface area contributed by atoms with Crippen molar-refractivity contribution in [2.24, 2.45) is 0 Å². The van der Waals surface area contributed by atoms with Crippen molar-refractivity contribution in [3.63, 3.8) is 0 Å². The van der Waals surface area contributed by atoms with Crippen LogP contribution in [-0.2, 0) is 24.3 Å². The summed E-state index contributed by atoms with van der Waals surface area (Å²) in [5.74, 6) is 1.25. The number of hydrogen-bond acceptors (Lipinski definition) is 6. The van der Waals surface area contributed by atoms with Crippen molar-refractivity contribution >= 4 is 35.6 Å². The highest BCUT2D eigenvalue weighted by Crippen LogP contribution is 2.39. The van der Waals surface area contributed by atoms with E-state index in [4.69, 9.17) is 9.47 Å². The predicted octanol–water partition coefficient (Wildman–Crippen LogP) is 5.66. The van der Waals surface area contributed by atoms with Crippen molar-refractivity contribution in [2.75, 3.05) is 19.0 Å². The Kier molecular flexibility index (Phi) is 6.97. The highest BCUT2D eigenvalue weighted by Gasteiger charge is 2.21. The molecule has 1 aliphatic rings. The van der Waals surface area contributed by atoms with Gasteiger partial charge in [-0.3, -0.25) is 0 Å². The molecule has 1 aromatic carbocycles. The third kappa shape index (κ3) is 5.39. The third-order valence-corrected chi connectivity index (χ3v) is 7.67. The second-order valence-electron chi connectivity index (χ2n) is 9.24. The van der Waals surface area contributed by atoms with Gasteiger partial charge >= 0.3 is 0 Å². The minimum Gasteiger partial charge on any atom is -0.481 e. The lowest BCUT2D eigenvalue weighted by Gasteiger charge is -2.18. The standard InChI is InChI=1S/C23H30BrN5O2Si/c1-30-20-14-17(10-11-25-20)19-9-8-16-6-5-7-18(16)21(19)26-23-27-22(24)28-29(23)15-31-12-13-32(2,3)4/h8-11,14H,5-7,12-13,15H2,1-4H3,(H,26,27,28). The van der Waals surface area contributed by atoms with Crippen molar-refractivity contribution in [1.82, 2.24) is 19.7 Å². The van der Waals surface area contributed by atoms with Crippen LogP contribution in [0.15, 0.2) is 35.2 Å². The van der Waals surface area contributed by atoms with E-state index in [0.29, 0.717) is 23.3 Å². The molecule has 4 rings (SSSR count). The van der Waals surface area contributed by atoms with E-state index in [2.05, 4.69) is 68.1 Å². The Balaban J connectivity index is 1.64. The first-order valence-electron chi connectivity index (χ1n) is 10.9. The van der Waals surface area contributed by atoms with Gasteiger partial charge in [0, 0.05) is 32.5 Å². The number of ether oxygens (including phenoxy) is 2. The van der Waals surface area contributed by atoms with Crippen LogP contribution >= 0.6 is 15.9 Å². The minimum absolute atomic E-state index is 0.360. The second-order valence-corrected chi connectivity index (χ2v) is 15.6. The SMILES string of the molecule is COc1cc(-c2ccc3c(c2Nc2nc(Br)nn2COCC[Si](C)(C)C)CCC3)ccn1. The highest BCUT2D eigenvalue weighted by atomic mass is 79.9. The van der Waals surface area contributed by atoms with Gasteiger partial charge in [-0.15, -0.1) is 5.10 Å². The topological polar surface area (TPSA) is 74.1 Å². The normalized spacial score (nSPS) is 13.3. The molecule has 1 N–H and O–H groups in total. The van der Waals surface area contributed by atoms with Crippen LogP contribution in [0.5, 0.6) is 5.88 Å².